The molecule has 7 heteroatoms. The number of halogens is 1. The molecule has 2 aliphatic rings. The Hall–Kier alpha value is -1.50. The second-order valence-corrected chi connectivity index (χ2v) is 5.13. The fourth-order valence-corrected chi connectivity index (χ4v) is 2.59. The van der Waals surface area contributed by atoms with Crippen LogP contribution in [0.1, 0.15) is 5.56 Å². The molecular weight excluding hydrogens is 296 g/mol. The van der Waals surface area contributed by atoms with E-state index in [1.165, 1.54) is 5.56 Å². The van der Waals surface area contributed by atoms with Gasteiger partial charge in [0.15, 0.2) is 11.5 Å². The fourth-order valence-electron chi connectivity index (χ4n) is 2.59. The van der Waals surface area contributed by atoms with Crippen LogP contribution in [0.2, 0.25) is 0 Å². The minimum Gasteiger partial charge on any atom is -0.480 e. The van der Waals surface area contributed by atoms with E-state index in [1.54, 1.807) is 0 Å². The highest BCUT2D eigenvalue weighted by atomic mass is 35.5. The van der Waals surface area contributed by atoms with Crippen molar-refractivity contribution in [2.24, 2.45) is 0 Å². The van der Waals surface area contributed by atoms with E-state index in [0.717, 1.165) is 44.2 Å². The van der Waals surface area contributed by atoms with Crippen LogP contribution in [0.15, 0.2) is 18.2 Å². The summed E-state index contributed by atoms with van der Waals surface area (Å²) in [5.41, 5.74) is 1.20. The third-order valence-corrected chi connectivity index (χ3v) is 3.67. The quantitative estimate of drug-likeness (QED) is 0.896. The summed E-state index contributed by atoms with van der Waals surface area (Å²) in [6, 6.07) is 6.02. The monoisotopic (exact) mass is 314 g/mol. The second-order valence-electron chi connectivity index (χ2n) is 5.13. The number of nitrogens with zero attached hydrogens (tertiary/aromatic N) is 2. The Balaban J connectivity index is 0.00000161. The molecule has 0 aromatic heterocycles. The van der Waals surface area contributed by atoms with Crippen LogP contribution in [0.5, 0.6) is 11.5 Å². The molecule has 0 amide bonds. The minimum atomic E-state index is -0.755. The van der Waals surface area contributed by atoms with Gasteiger partial charge in [0.1, 0.15) is 0 Å². The smallest absolute Gasteiger partial charge is 0.317 e. The molecule has 0 bridgehead atoms. The van der Waals surface area contributed by atoms with E-state index >= 15 is 0 Å². The van der Waals surface area contributed by atoms with Crippen LogP contribution in [0.25, 0.3) is 0 Å². The first kappa shape index (κ1) is 15.9. The van der Waals surface area contributed by atoms with Crippen molar-refractivity contribution in [2.45, 2.75) is 6.54 Å². The van der Waals surface area contributed by atoms with Gasteiger partial charge in [-0.1, -0.05) is 6.07 Å². The lowest BCUT2D eigenvalue weighted by Gasteiger charge is -2.33. The highest BCUT2D eigenvalue weighted by Gasteiger charge is 2.19. The average Bonchev–Trinajstić information content (AvgIpc) is 2.88. The SMILES string of the molecule is Cl.O=C(O)CN1CCN(Cc2ccc3c(c2)OCO3)CC1. The van der Waals surface area contributed by atoms with Crippen LogP contribution in [-0.2, 0) is 11.3 Å². The van der Waals surface area contributed by atoms with E-state index in [0.29, 0.717) is 6.79 Å². The fraction of sp³-hybridized carbons (Fsp3) is 0.500. The summed E-state index contributed by atoms with van der Waals surface area (Å²) in [5, 5.41) is 8.78. The molecule has 0 radical (unpaired) electrons. The maximum Gasteiger partial charge on any atom is 0.317 e. The van der Waals surface area contributed by atoms with Crippen LogP contribution in [0.3, 0.4) is 0 Å². The summed E-state index contributed by atoms with van der Waals surface area (Å²) in [6.45, 7) is 4.68. The van der Waals surface area contributed by atoms with Crippen molar-refractivity contribution in [1.29, 1.82) is 0 Å². The third-order valence-electron chi connectivity index (χ3n) is 3.67. The van der Waals surface area contributed by atoms with Crippen LogP contribution in [0, 0.1) is 0 Å². The zero-order chi connectivity index (χ0) is 13.9. The largest absolute Gasteiger partial charge is 0.480 e. The molecule has 1 N–H and O–H groups in total. The molecule has 0 spiro atoms. The number of aliphatic carboxylic acids is 1. The van der Waals surface area contributed by atoms with E-state index < -0.39 is 5.97 Å². The summed E-state index contributed by atoms with van der Waals surface area (Å²) >= 11 is 0. The van der Waals surface area contributed by atoms with Crippen LogP contribution in [0.4, 0.5) is 0 Å². The van der Waals surface area contributed by atoms with Crippen molar-refractivity contribution >= 4 is 18.4 Å². The molecule has 1 fully saturated rings. The van der Waals surface area contributed by atoms with Crippen LogP contribution in [-0.4, -0.2) is 60.4 Å². The van der Waals surface area contributed by atoms with Gasteiger partial charge in [-0.15, -0.1) is 12.4 Å². The molecular formula is C14H19ClN2O4. The maximum atomic E-state index is 10.7. The molecule has 3 rings (SSSR count). The number of carbonyl (C=O) groups is 1. The Morgan fingerprint density at radius 3 is 2.48 bits per heavy atom. The lowest BCUT2D eigenvalue weighted by atomic mass is 10.1. The summed E-state index contributed by atoms with van der Waals surface area (Å²) < 4.78 is 10.7. The number of carboxylic acids is 1. The molecule has 21 heavy (non-hydrogen) atoms. The number of piperazine rings is 1. The summed E-state index contributed by atoms with van der Waals surface area (Å²) in [5.74, 6) is 0.862. The van der Waals surface area contributed by atoms with Gasteiger partial charge in [0.2, 0.25) is 6.79 Å². The number of benzene rings is 1. The van der Waals surface area contributed by atoms with Gasteiger partial charge in [0, 0.05) is 32.7 Å². The van der Waals surface area contributed by atoms with E-state index in [1.807, 2.05) is 17.0 Å². The van der Waals surface area contributed by atoms with Crippen LogP contribution < -0.4 is 9.47 Å². The first-order valence-corrected chi connectivity index (χ1v) is 6.76. The van der Waals surface area contributed by atoms with Crippen molar-refractivity contribution < 1.29 is 19.4 Å². The lowest BCUT2D eigenvalue weighted by molar-refractivity contribution is -0.138. The van der Waals surface area contributed by atoms with Crippen LogP contribution >= 0.6 is 12.4 Å². The Bertz CT molecular complexity index is 504. The molecule has 1 aromatic carbocycles. The number of rotatable bonds is 4. The molecule has 116 valence electrons. The van der Waals surface area contributed by atoms with Gasteiger partial charge in [0.05, 0.1) is 6.54 Å². The van der Waals surface area contributed by atoms with E-state index in [4.69, 9.17) is 14.6 Å². The first-order chi connectivity index (χ1) is 9.70. The molecule has 0 unspecified atom stereocenters. The highest BCUT2D eigenvalue weighted by Crippen LogP contribution is 2.32. The topological polar surface area (TPSA) is 62.2 Å². The van der Waals surface area contributed by atoms with Gasteiger partial charge < -0.3 is 14.6 Å². The molecule has 0 aliphatic carbocycles. The molecule has 1 aromatic rings. The third kappa shape index (κ3) is 4.00. The number of fused-ring (bicyclic) bond motifs is 1. The van der Waals surface area contributed by atoms with Gasteiger partial charge >= 0.3 is 5.97 Å². The Labute approximate surface area is 129 Å². The van der Waals surface area contributed by atoms with Crippen molar-refractivity contribution in [3.05, 3.63) is 23.8 Å². The molecule has 1 saturated heterocycles. The van der Waals surface area contributed by atoms with Crippen molar-refractivity contribution in [3.63, 3.8) is 0 Å². The van der Waals surface area contributed by atoms with E-state index in [9.17, 15) is 4.79 Å². The molecule has 0 atom stereocenters. The number of carboxylic acid groups (broad SMARTS) is 1. The Morgan fingerprint density at radius 1 is 1.10 bits per heavy atom. The molecule has 6 nitrogen and oxygen atoms in total. The predicted octanol–water partition coefficient (Wildman–Crippen LogP) is 1.04. The Kier molecular flexibility index (Phi) is 5.27. The minimum absolute atomic E-state index is 0. The van der Waals surface area contributed by atoms with E-state index in [-0.39, 0.29) is 19.0 Å². The average molecular weight is 315 g/mol. The molecule has 2 heterocycles. The highest BCUT2D eigenvalue weighted by molar-refractivity contribution is 5.85. The second kappa shape index (κ2) is 6.98. The van der Waals surface area contributed by atoms with Gasteiger partial charge in [0.25, 0.3) is 0 Å². The van der Waals surface area contributed by atoms with Crippen molar-refractivity contribution in [3.8, 4) is 11.5 Å². The predicted molar refractivity (Wildman–Crippen MR) is 79.2 cm³/mol. The maximum absolute atomic E-state index is 10.7. The first-order valence-electron chi connectivity index (χ1n) is 6.76. The van der Waals surface area contributed by atoms with Gasteiger partial charge in [-0.25, -0.2) is 0 Å². The zero-order valence-corrected chi connectivity index (χ0v) is 12.5. The van der Waals surface area contributed by atoms with Gasteiger partial charge in [-0.3, -0.25) is 14.6 Å². The standard InChI is InChI=1S/C14H18N2O4.ClH/c17-14(18)9-16-5-3-15(4-6-16)8-11-1-2-12-13(7-11)20-10-19-12;/h1-2,7H,3-6,8-10H2,(H,17,18);1H. The number of hydrogen-bond donors (Lipinski definition) is 1. The Morgan fingerprint density at radius 2 is 1.76 bits per heavy atom. The lowest BCUT2D eigenvalue weighted by Crippen LogP contribution is -2.47. The van der Waals surface area contributed by atoms with E-state index in [2.05, 4.69) is 11.0 Å². The van der Waals surface area contributed by atoms with Gasteiger partial charge in [-0.2, -0.15) is 0 Å². The molecule has 2 aliphatic heterocycles. The van der Waals surface area contributed by atoms with Gasteiger partial charge in [-0.05, 0) is 17.7 Å². The summed E-state index contributed by atoms with van der Waals surface area (Å²) in [7, 11) is 0. The summed E-state index contributed by atoms with van der Waals surface area (Å²) in [4.78, 5) is 15.0. The molecule has 0 saturated carbocycles. The zero-order valence-electron chi connectivity index (χ0n) is 11.7. The van der Waals surface area contributed by atoms with Crippen molar-refractivity contribution in [2.75, 3.05) is 39.5 Å². The van der Waals surface area contributed by atoms with Crippen molar-refractivity contribution in [1.82, 2.24) is 9.80 Å². The number of ether oxygens (including phenoxy) is 2. The number of hydrogen-bond acceptors (Lipinski definition) is 5. The summed E-state index contributed by atoms with van der Waals surface area (Å²) in [6.07, 6.45) is 0. The normalized spacial score (nSPS) is 18.3.